The number of aryl methyl sites for hydroxylation is 1. The molecule has 1 N–H and O–H groups in total. The first-order valence-corrected chi connectivity index (χ1v) is 4.52. The van der Waals surface area contributed by atoms with E-state index < -0.39 is 0 Å². The minimum atomic E-state index is 0.157. The Labute approximate surface area is 77.6 Å². The number of nitrogens with one attached hydrogen (secondary N) is 1. The van der Waals surface area contributed by atoms with Gasteiger partial charge >= 0.3 is 0 Å². The molecule has 0 amide bonds. The van der Waals surface area contributed by atoms with E-state index >= 15 is 0 Å². The molecule has 70 valence electrons. The van der Waals surface area contributed by atoms with Gasteiger partial charge in [-0.15, -0.1) is 0 Å². The summed E-state index contributed by atoms with van der Waals surface area (Å²) in [6.07, 6.45) is 2.70. The van der Waals surface area contributed by atoms with Crippen molar-refractivity contribution in [3.05, 3.63) is 40.8 Å². The van der Waals surface area contributed by atoms with Gasteiger partial charge < -0.3 is 9.47 Å². The smallest absolute Gasteiger partial charge is 0.254 e. The quantitative estimate of drug-likeness (QED) is 0.513. The minimum Gasteiger partial charge on any atom is -0.464 e. The Hall–Kier alpha value is -1.09. The molecule has 0 saturated heterocycles. The molecule has 0 aromatic carbocycles. The van der Waals surface area contributed by atoms with Gasteiger partial charge in [0.1, 0.15) is 0 Å². The maximum Gasteiger partial charge on any atom is 0.254 e. The lowest BCUT2D eigenvalue weighted by Gasteiger charge is -2.27. The average molecular weight is 178 g/mol. The van der Waals surface area contributed by atoms with E-state index in [2.05, 4.69) is 7.05 Å². The van der Waals surface area contributed by atoms with Crippen LogP contribution in [-0.4, -0.2) is 11.1 Å². The molecule has 1 aliphatic heterocycles. The Bertz CT molecular complexity index is 381. The van der Waals surface area contributed by atoms with Crippen LogP contribution in [0.3, 0.4) is 0 Å². The highest BCUT2D eigenvalue weighted by atomic mass is 16.1. The van der Waals surface area contributed by atoms with Crippen molar-refractivity contribution in [3.63, 3.8) is 0 Å². The number of aromatic nitrogens is 1. The number of rotatable bonds is 0. The zero-order valence-electron chi connectivity index (χ0n) is 7.84. The molecule has 1 aromatic heterocycles. The summed E-state index contributed by atoms with van der Waals surface area (Å²) in [4.78, 5) is 12.9. The molecule has 0 aliphatic carbocycles. The molecule has 0 spiro atoms. The van der Waals surface area contributed by atoms with Crippen molar-refractivity contribution in [2.45, 2.75) is 13.0 Å². The molecule has 13 heavy (non-hydrogen) atoms. The van der Waals surface area contributed by atoms with Crippen LogP contribution >= 0.6 is 0 Å². The molecule has 1 aliphatic rings. The van der Waals surface area contributed by atoms with Gasteiger partial charge in [0.25, 0.3) is 5.56 Å². The van der Waals surface area contributed by atoms with Gasteiger partial charge in [-0.1, -0.05) is 0 Å². The maximum absolute atomic E-state index is 11.7. The fraction of sp³-hybridized carbons (Fsp3) is 0.400. The van der Waals surface area contributed by atoms with Crippen molar-refractivity contribution in [2.75, 3.05) is 6.54 Å². The Morgan fingerprint density at radius 1 is 1.62 bits per heavy atom. The van der Waals surface area contributed by atoms with E-state index in [-0.39, 0.29) is 5.56 Å². The van der Waals surface area contributed by atoms with E-state index in [1.807, 2.05) is 12.3 Å². The lowest BCUT2D eigenvalue weighted by Crippen LogP contribution is -3.06. The Morgan fingerprint density at radius 2 is 2.38 bits per heavy atom. The molecule has 0 saturated carbocycles. The standard InChI is InChI=1S/C10H14N2O/c1-11-5-4-9-8(7-11)3-6-12(2)10(9)13/h3,6,11H,1,4-5,7H2,2H3. The van der Waals surface area contributed by atoms with Crippen LogP contribution in [0.4, 0.5) is 0 Å². The van der Waals surface area contributed by atoms with Crippen LogP contribution in [-0.2, 0) is 20.0 Å². The van der Waals surface area contributed by atoms with Gasteiger partial charge in [0.2, 0.25) is 0 Å². The monoisotopic (exact) mass is 178 g/mol. The van der Waals surface area contributed by atoms with Crippen molar-refractivity contribution in [1.29, 1.82) is 0 Å². The second kappa shape index (κ2) is 3.00. The van der Waals surface area contributed by atoms with E-state index in [9.17, 15) is 4.79 Å². The van der Waals surface area contributed by atoms with Crippen LogP contribution in [0.15, 0.2) is 17.1 Å². The zero-order chi connectivity index (χ0) is 9.42. The van der Waals surface area contributed by atoms with Crippen LogP contribution in [0.2, 0.25) is 0 Å². The lowest BCUT2D eigenvalue weighted by molar-refractivity contribution is -0.870. The first-order chi connectivity index (χ1) is 6.18. The van der Waals surface area contributed by atoms with Crippen molar-refractivity contribution in [1.82, 2.24) is 4.57 Å². The summed E-state index contributed by atoms with van der Waals surface area (Å²) in [5.41, 5.74) is 2.31. The van der Waals surface area contributed by atoms with Gasteiger partial charge in [-0.05, 0) is 6.07 Å². The number of pyridine rings is 1. The predicted molar refractivity (Wildman–Crippen MR) is 50.3 cm³/mol. The van der Waals surface area contributed by atoms with Crippen molar-refractivity contribution >= 4 is 0 Å². The van der Waals surface area contributed by atoms with Gasteiger partial charge in [-0.2, -0.15) is 7.05 Å². The van der Waals surface area contributed by atoms with Crippen LogP contribution in [0.5, 0.6) is 0 Å². The highest BCUT2D eigenvalue weighted by Gasteiger charge is 2.16. The highest BCUT2D eigenvalue weighted by molar-refractivity contribution is 5.24. The second-order valence-electron chi connectivity index (χ2n) is 3.66. The minimum absolute atomic E-state index is 0.157. The molecule has 0 fully saturated rings. The van der Waals surface area contributed by atoms with Crippen molar-refractivity contribution in [2.24, 2.45) is 7.05 Å². The summed E-state index contributed by atoms with van der Waals surface area (Å²) < 4.78 is 1.65. The van der Waals surface area contributed by atoms with Crippen LogP contribution in [0.25, 0.3) is 0 Å². The van der Waals surface area contributed by atoms with E-state index in [0.717, 1.165) is 25.1 Å². The van der Waals surface area contributed by atoms with Gasteiger partial charge in [0, 0.05) is 30.8 Å². The van der Waals surface area contributed by atoms with E-state index in [1.54, 1.807) is 11.6 Å². The number of hydrogen-bond acceptors (Lipinski definition) is 1. The predicted octanol–water partition coefficient (Wildman–Crippen LogP) is -0.882. The van der Waals surface area contributed by atoms with Gasteiger partial charge in [-0.3, -0.25) is 4.79 Å². The van der Waals surface area contributed by atoms with E-state index in [4.69, 9.17) is 0 Å². The van der Waals surface area contributed by atoms with Crippen molar-refractivity contribution < 1.29 is 4.90 Å². The molecule has 1 aromatic rings. The molecule has 3 heteroatoms. The summed E-state index contributed by atoms with van der Waals surface area (Å²) in [5.74, 6) is 0. The third-order valence-electron chi connectivity index (χ3n) is 2.63. The zero-order valence-corrected chi connectivity index (χ0v) is 7.84. The Balaban J connectivity index is 2.53. The second-order valence-corrected chi connectivity index (χ2v) is 3.66. The third-order valence-corrected chi connectivity index (χ3v) is 2.63. The number of nitrogens with zero attached hydrogens (tertiary/aromatic N) is 1. The molecule has 0 bridgehead atoms. The fourth-order valence-electron chi connectivity index (χ4n) is 1.81. The largest absolute Gasteiger partial charge is 0.464 e. The molecule has 3 nitrogen and oxygen atoms in total. The first-order valence-electron chi connectivity index (χ1n) is 4.52. The summed E-state index contributed by atoms with van der Waals surface area (Å²) in [7, 11) is 5.75. The molecule has 2 rings (SSSR count). The summed E-state index contributed by atoms with van der Waals surface area (Å²) in [5, 5.41) is 0. The van der Waals surface area contributed by atoms with Gasteiger partial charge in [0.15, 0.2) is 0 Å². The van der Waals surface area contributed by atoms with Crippen LogP contribution in [0, 0.1) is 7.05 Å². The lowest BCUT2D eigenvalue weighted by atomic mass is 10.0. The Kier molecular flexibility index (Phi) is 1.96. The molecule has 2 heterocycles. The van der Waals surface area contributed by atoms with Gasteiger partial charge in [-0.25, -0.2) is 0 Å². The molecule has 1 unspecified atom stereocenters. The average Bonchev–Trinajstić information content (AvgIpc) is 2.12. The summed E-state index contributed by atoms with van der Waals surface area (Å²) in [6, 6.07) is 2.03. The van der Waals surface area contributed by atoms with Gasteiger partial charge in [0.05, 0.1) is 13.1 Å². The fourth-order valence-corrected chi connectivity index (χ4v) is 1.81. The molecular formula is C10H14N2O. The highest BCUT2D eigenvalue weighted by Crippen LogP contribution is 2.05. The van der Waals surface area contributed by atoms with Crippen LogP contribution < -0.4 is 10.5 Å². The molecule has 0 radical (unpaired) electrons. The Morgan fingerprint density at radius 3 is 3.15 bits per heavy atom. The van der Waals surface area contributed by atoms with Crippen LogP contribution in [0.1, 0.15) is 11.1 Å². The number of fused-ring (bicyclic) bond motifs is 1. The normalized spacial score (nSPS) is 21.2. The van der Waals surface area contributed by atoms with E-state index in [0.29, 0.717) is 0 Å². The van der Waals surface area contributed by atoms with Crippen molar-refractivity contribution in [3.8, 4) is 0 Å². The number of hydrogen-bond donors (Lipinski definition) is 1. The topological polar surface area (TPSA) is 26.4 Å². The first kappa shape index (κ1) is 8.51. The SMILES string of the molecule is [CH2-][NH+]1CCc2c(ccn(C)c2=O)C1. The number of quaternary nitrogens is 1. The third kappa shape index (κ3) is 1.40. The summed E-state index contributed by atoms with van der Waals surface area (Å²) in [6.45, 7) is 1.84. The van der Waals surface area contributed by atoms with E-state index in [1.165, 1.54) is 10.5 Å². The summed E-state index contributed by atoms with van der Waals surface area (Å²) >= 11 is 0. The molecule has 1 atom stereocenters. The maximum atomic E-state index is 11.7. The molecular weight excluding hydrogens is 164 g/mol.